The molecule has 2 aromatic carbocycles. The molecule has 0 radical (unpaired) electrons. The van der Waals surface area contributed by atoms with E-state index >= 15 is 0 Å². The van der Waals surface area contributed by atoms with Gasteiger partial charge >= 0.3 is 6.18 Å². The van der Waals surface area contributed by atoms with Gasteiger partial charge in [-0.25, -0.2) is 0 Å². The van der Waals surface area contributed by atoms with E-state index in [1.165, 1.54) is 12.1 Å². The Hall–Kier alpha value is -3.34. The van der Waals surface area contributed by atoms with Crippen LogP contribution in [-0.2, 0) is 11.0 Å². The standard InChI is InChI=1S/C18H15F3N6OS/c19-18(20,21)11-7-4-8-12(9-11)24-14(28)13(10-5-2-1-3-6-10)29-17-26-15(22)25-16(23)27-17/h1-9,13H,(H,24,28)(H4,22,23,25,26,27)/t13-/m1/s1. The zero-order valence-electron chi connectivity index (χ0n) is 14.7. The first-order chi connectivity index (χ1) is 13.7. The summed E-state index contributed by atoms with van der Waals surface area (Å²) in [4.78, 5) is 24.5. The molecule has 0 unspecified atom stereocenters. The van der Waals surface area contributed by atoms with Crippen molar-refractivity contribution in [2.24, 2.45) is 0 Å². The van der Waals surface area contributed by atoms with Crippen LogP contribution >= 0.6 is 11.8 Å². The number of amides is 1. The molecule has 29 heavy (non-hydrogen) atoms. The van der Waals surface area contributed by atoms with Gasteiger partial charge in [-0.05, 0) is 23.8 Å². The molecule has 1 heterocycles. The van der Waals surface area contributed by atoms with Gasteiger partial charge in [0.1, 0.15) is 5.25 Å². The highest BCUT2D eigenvalue weighted by molar-refractivity contribution is 8.00. The van der Waals surface area contributed by atoms with E-state index in [4.69, 9.17) is 11.5 Å². The second kappa shape index (κ2) is 8.35. The number of hydrogen-bond donors (Lipinski definition) is 3. The molecule has 0 spiro atoms. The largest absolute Gasteiger partial charge is 0.416 e. The minimum Gasteiger partial charge on any atom is -0.368 e. The molecule has 1 amide bonds. The summed E-state index contributed by atoms with van der Waals surface area (Å²) in [5, 5.41) is 1.75. The molecule has 1 atom stereocenters. The molecule has 3 aromatic rings. The van der Waals surface area contributed by atoms with Gasteiger partial charge in [0, 0.05) is 5.69 Å². The number of nitrogens with zero attached hydrogens (tertiary/aromatic N) is 3. The minimum absolute atomic E-state index is 0.0148. The van der Waals surface area contributed by atoms with Gasteiger partial charge in [0.15, 0.2) is 5.16 Å². The Balaban J connectivity index is 1.89. The van der Waals surface area contributed by atoms with Gasteiger partial charge in [0.2, 0.25) is 17.8 Å². The van der Waals surface area contributed by atoms with Crippen molar-refractivity contribution in [2.45, 2.75) is 16.6 Å². The van der Waals surface area contributed by atoms with Crippen molar-refractivity contribution >= 4 is 35.3 Å². The maximum Gasteiger partial charge on any atom is 0.416 e. The van der Waals surface area contributed by atoms with Crippen molar-refractivity contribution in [1.82, 2.24) is 15.0 Å². The first-order valence-electron chi connectivity index (χ1n) is 8.19. The lowest BCUT2D eigenvalue weighted by molar-refractivity contribution is -0.137. The monoisotopic (exact) mass is 420 g/mol. The van der Waals surface area contributed by atoms with Crippen LogP contribution in [0.3, 0.4) is 0 Å². The third kappa shape index (κ3) is 5.35. The van der Waals surface area contributed by atoms with Gasteiger partial charge in [0.05, 0.1) is 5.56 Å². The molecule has 0 aliphatic carbocycles. The number of carbonyl (C=O) groups is 1. The summed E-state index contributed by atoms with van der Waals surface area (Å²) in [6.45, 7) is 0. The molecule has 7 nitrogen and oxygen atoms in total. The van der Waals surface area contributed by atoms with E-state index in [-0.39, 0.29) is 22.7 Å². The molecular weight excluding hydrogens is 405 g/mol. The summed E-state index contributed by atoms with van der Waals surface area (Å²) in [5.74, 6) is -0.770. The number of halogens is 3. The predicted octanol–water partition coefficient (Wildman–Crippen LogP) is 3.53. The first-order valence-corrected chi connectivity index (χ1v) is 9.07. The van der Waals surface area contributed by atoms with Crippen LogP contribution in [0.25, 0.3) is 0 Å². The quantitative estimate of drug-likeness (QED) is 0.540. The van der Waals surface area contributed by atoms with Crippen LogP contribution in [0.1, 0.15) is 16.4 Å². The van der Waals surface area contributed by atoms with Gasteiger partial charge in [-0.1, -0.05) is 48.2 Å². The van der Waals surface area contributed by atoms with Crippen LogP contribution < -0.4 is 16.8 Å². The number of aromatic nitrogens is 3. The third-order valence-electron chi connectivity index (χ3n) is 3.67. The molecule has 0 bridgehead atoms. The Labute approximate surface area is 167 Å². The van der Waals surface area contributed by atoms with Gasteiger partial charge in [-0.3, -0.25) is 4.79 Å². The number of carbonyl (C=O) groups excluding carboxylic acids is 1. The van der Waals surface area contributed by atoms with Gasteiger partial charge in [0.25, 0.3) is 0 Å². The molecule has 11 heteroatoms. The topological polar surface area (TPSA) is 120 Å². The van der Waals surface area contributed by atoms with Crippen LogP contribution in [0.15, 0.2) is 59.8 Å². The Morgan fingerprint density at radius 1 is 0.966 bits per heavy atom. The lowest BCUT2D eigenvalue weighted by Gasteiger charge is -2.17. The number of nitrogens with one attached hydrogen (secondary N) is 1. The fourth-order valence-electron chi connectivity index (χ4n) is 2.43. The molecule has 0 aliphatic heterocycles. The van der Waals surface area contributed by atoms with E-state index in [1.54, 1.807) is 30.3 Å². The second-order valence-corrected chi connectivity index (χ2v) is 6.88. The average Bonchev–Trinajstić information content (AvgIpc) is 2.65. The maximum absolute atomic E-state index is 12.9. The zero-order valence-corrected chi connectivity index (χ0v) is 15.5. The summed E-state index contributed by atoms with van der Waals surface area (Å²) in [6.07, 6.45) is -4.52. The van der Waals surface area contributed by atoms with E-state index < -0.39 is 22.9 Å². The summed E-state index contributed by atoms with van der Waals surface area (Å²) >= 11 is 0.951. The van der Waals surface area contributed by atoms with E-state index in [1.807, 2.05) is 0 Å². The van der Waals surface area contributed by atoms with Crippen LogP contribution in [0, 0.1) is 0 Å². The molecule has 150 valence electrons. The lowest BCUT2D eigenvalue weighted by atomic mass is 10.1. The molecule has 0 saturated heterocycles. The highest BCUT2D eigenvalue weighted by Crippen LogP contribution is 2.35. The fraction of sp³-hybridized carbons (Fsp3) is 0.111. The summed E-state index contributed by atoms with van der Waals surface area (Å²) in [6, 6.07) is 13.0. The SMILES string of the molecule is Nc1nc(N)nc(S[C@@H](C(=O)Nc2cccc(C(F)(F)F)c2)c2ccccc2)n1. The molecular formula is C18H15F3N6OS. The number of hydrogen-bond acceptors (Lipinski definition) is 7. The van der Waals surface area contributed by atoms with E-state index in [0.29, 0.717) is 5.56 Å². The summed E-state index contributed by atoms with van der Waals surface area (Å²) in [7, 11) is 0. The first kappa shape index (κ1) is 20.4. The van der Waals surface area contributed by atoms with Gasteiger partial charge in [-0.2, -0.15) is 28.1 Å². The highest BCUT2D eigenvalue weighted by Gasteiger charge is 2.31. The molecule has 0 aliphatic rings. The fourth-order valence-corrected chi connectivity index (χ4v) is 3.39. The van der Waals surface area contributed by atoms with E-state index in [0.717, 1.165) is 23.9 Å². The number of rotatable bonds is 5. The summed E-state index contributed by atoms with van der Waals surface area (Å²) < 4.78 is 38.8. The Kier molecular flexibility index (Phi) is 5.87. The Bertz CT molecular complexity index is 996. The van der Waals surface area contributed by atoms with Crippen molar-refractivity contribution in [3.8, 4) is 0 Å². The van der Waals surface area contributed by atoms with Crippen LogP contribution in [0.4, 0.5) is 30.8 Å². The van der Waals surface area contributed by atoms with Gasteiger partial charge < -0.3 is 16.8 Å². The Morgan fingerprint density at radius 2 is 1.62 bits per heavy atom. The predicted molar refractivity (Wildman–Crippen MR) is 104 cm³/mol. The molecule has 3 rings (SSSR count). The molecule has 0 saturated carbocycles. The van der Waals surface area contributed by atoms with Crippen molar-refractivity contribution in [3.63, 3.8) is 0 Å². The van der Waals surface area contributed by atoms with Crippen molar-refractivity contribution in [2.75, 3.05) is 16.8 Å². The lowest BCUT2D eigenvalue weighted by Crippen LogP contribution is -2.20. The second-order valence-electron chi connectivity index (χ2n) is 5.81. The highest BCUT2D eigenvalue weighted by atomic mass is 32.2. The van der Waals surface area contributed by atoms with Crippen molar-refractivity contribution in [1.29, 1.82) is 0 Å². The number of nitrogen functional groups attached to an aromatic ring is 2. The number of thioether (sulfide) groups is 1. The number of nitrogens with two attached hydrogens (primary N) is 2. The normalized spacial score (nSPS) is 12.4. The summed E-state index contributed by atoms with van der Waals surface area (Å²) in [5.41, 5.74) is 10.9. The number of benzene rings is 2. The Morgan fingerprint density at radius 3 is 2.24 bits per heavy atom. The van der Waals surface area contributed by atoms with E-state index in [9.17, 15) is 18.0 Å². The molecule has 5 N–H and O–H groups in total. The third-order valence-corrected chi connectivity index (χ3v) is 4.79. The van der Waals surface area contributed by atoms with Crippen LogP contribution in [0.2, 0.25) is 0 Å². The number of anilines is 3. The number of alkyl halides is 3. The molecule has 0 fully saturated rings. The molecule has 1 aromatic heterocycles. The average molecular weight is 420 g/mol. The smallest absolute Gasteiger partial charge is 0.368 e. The van der Waals surface area contributed by atoms with Crippen molar-refractivity contribution in [3.05, 3.63) is 65.7 Å². The van der Waals surface area contributed by atoms with E-state index in [2.05, 4.69) is 20.3 Å². The zero-order chi connectivity index (χ0) is 21.0. The minimum atomic E-state index is -4.52. The van der Waals surface area contributed by atoms with Crippen LogP contribution in [0.5, 0.6) is 0 Å². The van der Waals surface area contributed by atoms with Gasteiger partial charge in [-0.15, -0.1) is 0 Å². The van der Waals surface area contributed by atoms with Crippen molar-refractivity contribution < 1.29 is 18.0 Å². The van der Waals surface area contributed by atoms with Crippen LogP contribution in [-0.4, -0.2) is 20.9 Å². The maximum atomic E-state index is 12.9.